The van der Waals surface area contributed by atoms with Crippen molar-refractivity contribution in [2.75, 3.05) is 12.4 Å². The quantitative estimate of drug-likeness (QED) is 0.918. The zero-order valence-corrected chi connectivity index (χ0v) is 12.4. The Morgan fingerprint density at radius 3 is 2.30 bits per heavy atom. The Kier molecular flexibility index (Phi) is 4.78. The van der Waals surface area contributed by atoms with E-state index >= 15 is 0 Å². The monoisotopic (exact) mass is 325 g/mol. The van der Waals surface area contributed by atoms with Crippen LogP contribution in [-0.2, 0) is 0 Å². The van der Waals surface area contributed by atoms with Gasteiger partial charge in [0.2, 0.25) is 0 Å². The molecule has 0 saturated heterocycles. The van der Waals surface area contributed by atoms with Crippen LogP contribution in [0.1, 0.15) is 15.9 Å². The van der Waals surface area contributed by atoms with Gasteiger partial charge >= 0.3 is 6.36 Å². The molecule has 0 heterocycles. The molecule has 0 atom stereocenters. The summed E-state index contributed by atoms with van der Waals surface area (Å²) in [5, 5.41) is 2.59. The highest BCUT2D eigenvalue weighted by atomic mass is 19.4. The summed E-state index contributed by atoms with van der Waals surface area (Å²) in [6, 6.07) is 9.86. The number of carbonyl (C=O) groups excluding carboxylic acids is 1. The zero-order valence-electron chi connectivity index (χ0n) is 12.4. The predicted octanol–water partition coefficient (Wildman–Crippen LogP) is 4.15. The number of amides is 1. The Morgan fingerprint density at radius 1 is 1.09 bits per heavy atom. The number of carbonyl (C=O) groups is 1. The van der Waals surface area contributed by atoms with Gasteiger partial charge in [0.05, 0.1) is 7.11 Å². The number of anilines is 1. The van der Waals surface area contributed by atoms with Crippen LogP contribution in [0.2, 0.25) is 0 Å². The Balaban J connectivity index is 2.08. The second-order valence-electron chi connectivity index (χ2n) is 4.71. The molecule has 2 rings (SSSR count). The maximum atomic E-state index is 12.1. The van der Waals surface area contributed by atoms with E-state index in [9.17, 15) is 18.0 Å². The van der Waals surface area contributed by atoms with Crippen molar-refractivity contribution in [3.05, 3.63) is 53.6 Å². The lowest BCUT2D eigenvalue weighted by atomic mass is 10.1. The molecule has 0 aliphatic carbocycles. The SMILES string of the molecule is COc1cc(C(=O)Nc2ccc(OC(F)(F)F)cc2)ccc1C. The number of aryl methyl sites for hydroxylation is 1. The molecular formula is C16H14F3NO3. The van der Waals surface area contributed by atoms with E-state index in [0.29, 0.717) is 17.0 Å². The molecule has 0 unspecified atom stereocenters. The van der Waals surface area contributed by atoms with Crippen LogP contribution >= 0.6 is 0 Å². The van der Waals surface area contributed by atoms with Crippen molar-refractivity contribution in [3.8, 4) is 11.5 Å². The standard InChI is InChI=1S/C16H14F3NO3/c1-10-3-4-11(9-14(10)22-2)15(21)20-12-5-7-13(8-6-12)23-16(17,18)19/h3-9H,1-2H3,(H,20,21). The fraction of sp³-hybridized carbons (Fsp3) is 0.188. The molecule has 0 radical (unpaired) electrons. The summed E-state index contributed by atoms with van der Waals surface area (Å²) in [5.74, 6) is -0.174. The minimum absolute atomic E-state index is 0.351. The average Bonchev–Trinajstić information content (AvgIpc) is 2.48. The van der Waals surface area contributed by atoms with Crippen molar-refractivity contribution in [3.63, 3.8) is 0 Å². The van der Waals surface area contributed by atoms with Crippen molar-refractivity contribution in [2.45, 2.75) is 13.3 Å². The second kappa shape index (κ2) is 6.60. The van der Waals surface area contributed by atoms with E-state index in [4.69, 9.17) is 4.74 Å². The van der Waals surface area contributed by atoms with Crippen LogP contribution in [0.15, 0.2) is 42.5 Å². The first-order chi connectivity index (χ1) is 10.8. The number of alkyl halides is 3. The molecule has 7 heteroatoms. The van der Waals surface area contributed by atoms with Crippen LogP contribution in [0.5, 0.6) is 11.5 Å². The molecule has 0 bridgehead atoms. The number of benzene rings is 2. The Hall–Kier alpha value is -2.70. The fourth-order valence-corrected chi connectivity index (χ4v) is 1.90. The first-order valence-corrected chi connectivity index (χ1v) is 6.60. The van der Waals surface area contributed by atoms with Crippen molar-refractivity contribution in [2.24, 2.45) is 0 Å². The number of hydrogen-bond donors (Lipinski definition) is 1. The van der Waals surface area contributed by atoms with Crippen LogP contribution in [-0.4, -0.2) is 19.4 Å². The Labute approximate surface area is 130 Å². The number of rotatable bonds is 4. The van der Waals surface area contributed by atoms with Crippen molar-refractivity contribution >= 4 is 11.6 Å². The van der Waals surface area contributed by atoms with Gasteiger partial charge < -0.3 is 14.8 Å². The molecule has 0 fully saturated rings. The van der Waals surface area contributed by atoms with Gasteiger partial charge in [0, 0.05) is 11.3 Å². The lowest BCUT2D eigenvalue weighted by molar-refractivity contribution is -0.274. The van der Waals surface area contributed by atoms with E-state index in [1.807, 2.05) is 6.92 Å². The fourth-order valence-electron chi connectivity index (χ4n) is 1.90. The summed E-state index contributed by atoms with van der Waals surface area (Å²) in [7, 11) is 1.50. The van der Waals surface area contributed by atoms with Gasteiger partial charge in [0.25, 0.3) is 5.91 Å². The summed E-state index contributed by atoms with van der Waals surface area (Å²) in [6.07, 6.45) is -4.75. The lowest BCUT2D eigenvalue weighted by Gasteiger charge is -2.11. The van der Waals surface area contributed by atoms with Crippen LogP contribution in [0, 0.1) is 6.92 Å². The summed E-state index contributed by atoms with van der Waals surface area (Å²) >= 11 is 0. The number of halogens is 3. The topological polar surface area (TPSA) is 47.6 Å². The van der Waals surface area contributed by atoms with Crippen molar-refractivity contribution in [1.29, 1.82) is 0 Å². The van der Waals surface area contributed by atoms with E-state index in [1.165, 1.54) is 19.2 Å². The first-order valence-electron chi connectivity index (χ1n) is 6.60. The minimum atomic E-state index is -4.75. The third-order valence-corrected chi connectivity index (χ3v) is 3.02. The third-order valence-electron chi connectivity index (χ3n) is 3.02. The summed E-state index contributed by atoms with van der Waals surface area (Å²) in [6.45, 7) is 1.85. The van der Waals surface area contributed by atoms with E-state index in [1.54, 1.807) is 18.2 Å². The summed E-state index contributed by atoms with van der Waals surface area (Å²) in [4.78, 5) is 12.1. The summed E-state index contributed by atoms with van der Waals surface area (Å²) < 4.78 is 45.1. The molecule has 0 saturated carbocycles. The minimum Gasteiger partial charge on any atom is -0.496 e. The van der Waals surface area contributed by atoms with Gasteiger partial charge in [0.1, 0.15) is 11.5 Å². The van der Waals surface area contributed by atoms with E-state index in [0.717, 1.165) is 17.7 Å². The van der Waals surface area contributed by atoms with Gasteiger partial charge in [-0.25, -0.2) is 0 Å². The first kappa shape index (κ1) is 16.7. The molecular weight excluding hydrogens is 311 g/mol. The van der Waals surface area contributed by atoms with E-state index < -0.39 is 12.3 Å². The van der Waals surface area contributed by atoms with Crippen molar-refractivity contribution < 1.29 is 27.4 Å². The van der Waals surface area contributed by atoms with Gasteiger partial charge in [-0.05, 0) is 48.9 Å². The van der Waals surface area contributed by atoms with E-state index in [-0.39, 0.29) is 5.75 Å². The van der Waals surface area contributed by atoms with Crippen LogP contribution in [0.3, 0.4) is 0 Å². The molecule has 23 heavy (non-hydrogen) atoms. The van der Waals surface area contributed by atoms with Gasteiger partial charge in [-0.2, -0.15) is 0 Å². The molecule has 4 nitrogen and oxygen atoms in total. The van der Waals surface area contributed by atoms with Crippen LogP contribution in [0.25, 0.3) is 0 Å². The Morgan fingerprint density at radius 2 is 1.74 bits per heavy atom. The molecule has 0 aliphatic rings. The Bertz CT molecular complexity index is 697. The summed E-state index contributed by atoms with van der Waals surface area (Å²) in [5.41, 5.74) is 1.62. The van der Waals surface area contributed by atoms with Crippen LogP contribution < -0.4 is 14.8 Å². The zero-order chi connectivity index (χ0) is 17.0. The highest BCUT2D eigenvalue weighted by Crippen LogP contribution is 2.24. The maximum absolute atomic E-state index is 12.1. The molecule has 2 aromatic rings. The smallest absolute Gasteiger partial charge is 0.496 e. The number of ether oxygens (including phenoxy) is 2. The highest BCUT2D eigenvalue weighted by molar-refractivity contribution is 6.04. The molecule has 1 amide bonds. The largest absolute Gasteiger partial charge is 0.573 e. The van der Waals surface area contributed by atoms with E-state index in [2.05, 4.69) is 10.1 Å². The van der Waals surface area contributed by atoms with Crippen molar-refractivity contribution in [1.82, 2.24) is 0 Å². The number of methoxy groups -OCH3 is 1. The molecule has 2 aromatic carbocycles. The normalized spacial score (nSPS) is 11.0. The number of hydrogen-bond acceptors (Lipinski definition) is 3. The molecule has 0 aromatic heterocycles. The van der Waals surface area contributed by atoms with Gasteiger partial charge in [-0.3, -0.25) is 4.79 Å². The number of nitrogens with one attached hydrogen (secondary N) is 1. The molecule has 0 spiro atoms. The maximum Gasteiger partial charge on any atom is 0.573 e. The third kappa shape index (κ3) is 4.64. The van der Waals surface area contributed by atoms with Gasteiger partial charge in [-0.1, -0.05) is 6.07 Å². The highest BCUT2D eigenvalue weighted by Gasteiger charge is 2.30. The molecule has 122 valence electrons. The second-order valence-corrected chi connectivity index (χ2v) is 4.71. The molecule has 0 aliphatic heterocycles. The van der Waals surface area contributed by atoms with Gasteiger partial charge in [-0.15, -0.1) is 13.2 Å². The predicted molar refractivity (Wildman–Crippen MR) is 78.8 cm³/mol. The molecule has 1 N–H and O–H groups in total. The van der Waals surface area contributed by atoms with Crippen LogP contribution in [0.4, 0.5) is 18.9 Å². The lowest BCUT2D eigenvalue weighted by Crippen LogP contribution is -2.17. The van der Waals surface area contributed by atoms with Gasteiger partial charge in [0.15, 0.2) is 0 Å². The average molecular weight is 325 g/mol.